The van der Waals surface area contributed by atoms with Crippen LogP contribution in [-0.4, -0.2) is 25.6 Å². The van der Waals surface area contributed by atoms with Gasteiger partial charge in [0.2, 0.25) is 0 Å². The van der Waals surface area contributed by atoms with Crippen LogP contribution in [0.1, 0.15) is 38.2 Å². The molecule has 2 heterocycles. The summed E-state index contributed by atoms with van der Waals surface area (Å²) >= 11 is 0. The zero-order chi connectivity index (χ0) is 13.8. The van der Waals surface area contributed by atoms with Crippen molar-refractivity contribution in [3.63, 3.8) is 0 Å². The van der Waals surface area contributed by atoms with Gasteiger partial charge < -0.3 is 9.88 Å². The Morgan fingerprint density at radius 1 is 1.26 bits per heavy atom. The van der Waals surface area contributed by atoms with Crippen LogP contribution in [0.3, 0.4) is 0 Å². The maximum absolute atomic E-state index is 4.56. The van der Waals surface area contributed by atoms with E-state index in [1.54, 1.807) is 6.20 Å². The maximum Gasteiger partial charge on any atom is 0.133 e. The van der Waals surface area contributed by atoms with E-state index in [9.17, 15) is 0 Å². The second-order valence-corrected chi connectivity index (χ2v) is 5.21. The maximum atomic E-state index is 4.56. The van der Waals surface area contributed by atoms with Crippen LogP contribution in [0.4, 0.5) is 5.82 Å². The molecule has 1 unspecified atom stereocenters. The summed E-state index contributed by atoms with van der Waals surface area (Å²) in [5, 5.41) is 3.42. The molecule has 0 saturated carbocycles. The van der Waals surface area contributed by atoms with Crippen molar-refractivity contribution < 1.29 is 0 Å². The molecular formula is C14H21N5. The van der Waals surface area contributed by atoms with Gasteiger partial charge in [-0.25, -0.2) is 15.0 Å². The van der Waals surface area contributed by atoms with Crippen molar-refractivity contribution in [3.05, 3.63) is 36.3 Å². The molecule has 1 N–H and O–H groups in total. The Kier molecular flexibility index (Phi) is 4.14. The van der Waals surface area contributed by atoms with Crippen molar-refractivity contribution in [1.29, 1.82) is 0 Å². The predicted molar refractivity (Wildman–Crippen MR) is 76.2 cm³/mol. The van der Waals surface area contributed by atoms with E-state index in [0.29, 0.717) is 5.92 Å². The fraction of sp³-hybridized carbons (Fsp3) is 0.500. The molecule has 102 valence electrons. The molecule has 0 aliphatic heterocycles. The minimum atomic E-state index is 0.281. The van der Waals surface area contributed by atoms with E-state index < -0.39 is 0 Å². The highest BCUT2D eigenvalue weighted by molar-refractivity contribution is 5.37. The third-order valence-corrected chi connectivity index (χ3v) is 2.83. The van der Waals surface area contributed by atoms with E-state index in [1.807, 2.05) is 25.5 Å². The van der Waals surface area contributed by atoms with Crippen LogP contribution in [0.15, 0.2) is 24.8 Å². The molecule has 5 nitrogen and oxygen atoms in total. The lowest BCUT2D eigenvalue weighted by atomic mass is 10.2. The van der Waals surface area contributed by atoms with Crippen LogP contribution in [0.2, 0.25) is 0 Å². The first kappa shape index (κ1) is 13.5. The molecule has 2 rings (SSSR count). The topological polar surface area (TPSA) is 55.6 Å². The van der Waals surface area contributed by atoms with E-state index in [0.717, 1.165) is 23.9 Å². The van der Waals surface area contributed by atoms with Gasteiger partial charge in [0, 0.05) is 42.7 Å². The standard InChI is InChI=1S/C14H21N5/c1-10(2)14-17-11(3)7-13(18-14)16-12(4)8-19-6-5-15-9-19/h5-7,9-10,12H,8H2,1-4H3,(H,16,17,18). The summed E-state index contributed by atoms with van der Waals surface area (Å²) in [4.78, 5) is 13.0. The number of hydrogen-bond donors (Lipinski definition) is 1. The van der Waals surface area contributed by atoms with Crippen molar-refractivity contribution >= 4 is 5.82 Å². The van der Waals surface area contributed by atoms with Gasteiger partial charge in [-0.3, -0.25) is 0 Å². The lowest BCUT2D eigenvalue weighted by Gasteiger charge is -2.16. The van der Waals surface area contributed by atoms with Crippen molar-refractivity contribution in [2.75, 3.05) is 5.32 Å². The van der Waals surface area contributed by atoms with Crippen molar-refractivity contribution in [2.24, 2.45) is 0 Å². The molecule has 0 fully saturated rings. The minimum Gasteiger partial charge on any atom is -0.366 e. The molecular weight excluding hydrogens is 238 g/mol. The quantitative estimate of drug-likeness (QED) is 0.896. The van der Waals surface area contributed by atoms with Gasteiger partial charge in [0.25, 0.3) is 0 Å². The molecule has 0 radical (unpaired) electrons. The van der Waals surface area contributed by atoms with E-state index in [2.05, 4.69) is 45.6 Å². The van der Waals surface area contributed by atoms with Crippen molar-refractivity contribution in [2.45, 2.75) is 46.2 Å². The number of imidazole rings is 1. The van der Waals surface area contributed by atoms with Gasteiger partial charge in [0.05, 0.1) is 6.33 Å². The summed E-state index contributed by atoms with van der Waals surface area (Å²) < 4.78 is 2.05. The Bertz CT molecular complexity index is 519. The third-order valence-electron chi connectivity index (χ3n) is 2.83. The second kappa shape index (κ2) is 5.82. The van der Waals surface area contributed by atoms with E-state index in [4.69, 9.17) is 0 Å². The van der Waals surface area contributed by atoms with E-state index in [-0.39, 0.29) is 6.04 Å². The highest BCUT2D eigenvalue weighted by Crippen LogP contribution is 2.14. The molecule has 0 aliphatic carbocycles. The van der Waals surface area contributed by atoms with E-state index in [1.165, 1.54) is 0 Å². The summed E-state index contributed by atoms with van der Waals surface area (Å²) in [6.45, 7) is 9.20. The van der Waals surface area contributed by atoms with Crippen LogP contribution in [0.25, 0.3) is 0 Å². The highest BCUT2D eigenvalue weighted by atomic mass is 15.1. The Morgan fingerprint density at radius 2 is 2.05 bits per heavy atom. The normalized spacial score (nSPS) is 12.7. The summed E-state index contributed by atoms with van der Waals surface area (Å²) in [7, 11) is 0. The highest BCUT2D eigenvalue weighted by Gasteiger charge is 2.08. The number of aryl methyl sites for hydroxylation is 1. The summed E-state index contributed by atoms with van der Waals surface area (Å²) in [6, 6.07) is 2.26. The first-order valence-corrected chi connectivity index (χ1v) is 6.62. The molecule has 5 heteroatoms. The van der Waals surface area contributed by atoms with Gasteiger partial charge in [-0.2, -0.15) is 0 Å². The molecule has 0 saturated heterocycles. The monoisotopic (exact) mass is 259 g/mol. The molecule has 0 bridgehead atoms. The lowest BCUT2D eigenvalue weighted by molar-refractivity contribution is 0.615. The number of hydrogen-bond acceptors (Lipinski definition) is 4. The molecule has 0 aliphatic rings. The summed E-state index contributed by atoms with van der Waals surface area (Å²) in [5.41, 5.74) is 0.996. The molecule has 1 atom stereocenters. The van der Waals surface area contributed by atoms with E-state index >= 15 is 0 Å². The number of nitrogens with zero attached hydrogens (tertiary/aromatic N) is 4. The van der Waals surface area contributed by atoms with Gasteiger partial charge in [0.15, 0.2) is 0 Å². The average Bonchev–Trinajstić information content (AvgIpc) is 2.80. The average molecular weight is 259 g/mol. The fourth-order valence-electron chi connectivity index (χ4n) is 1.93. The Hall–Kier alpha value is -1.91. The molecule has 2 aromatic heterocycles. The Balaban J connectivity index is 2.05. The van der Waals surface area contributed by atoms with Crippen LogP contribution in [-0.2, 0) is 6.54 Å². The molecule has 0 spiro atoms. The predicted octanol–water partition coefficient (Wildman–Crippen LogP) is 2.61. The minimum absolute atomic E-state index is 0.281. The second-order valence-electron chi connectivity index (χ2n) is 5.21. The van der Waals surface area contributed by atoms with Gasteiger partial charge in [0.1, 0.15) is 11.6 Å². The zero-order valence-electron chi connectivity index (χ0n) is 12.0. The number of nitrogens with one attached hydrogen (secondary N) is 1. The lowest BCUT2D eigenvalue weighted by Crippen LogP contribution is -2.22. The largest absolute Gasteiger partial charge is 0.366 e. The van der Waals surface area contributed by atoms with Crippen LogP contribution in [0, 0.1) is 6.92 Å². The van der Waals surface area contributed by atoms with Gasteiger partial charge >= 0.3 is 0 Å². The third kappa shape index (κ3) is 3.77. The van der Waals surface area contributed by atoms with Gasteiger partial charge in [-0.05, 0) is 13.8 Å². The first-order valence-electron chi connectivity index (χ1n) is 6.62. The van der Waals surface area contributed by atoms with Crippen LogP contribution in [0.5, 0.6) is 0 Å². The Morgan fingerprint density at radius 3 is 2.68 bits per heavy atom. The van der Waals surface area contributed by atoms with Crippen LogP contribution < -0.4 is 5.32 Å². The fourth-order valence-corrected chi connectivity index (χ4v) is 1.93. The van der Waals surface area contributed by atoms with Gasteiger partial charge in [-0.15, -0.1) is 0 Å². The molecule has 0 aromatic carbocycles. The molecule has 2 aromatic rings. The van der Waals surface area contributed by atoms with Crippen molar-refractivity contribution in [1.82, 2.24) is 19.5 Å². The smallest absolute Gasteiger partial charge is 0.133 e. The summed E-state index contributed by atoms with van der Waals surface area (Å²) in [6.07, 6.45) is 5.57. The van der Waals surface area contributed by atoms with Crippen LogP contribution >= 0.6 is 0 Å². The SMILES string of the molecule is Cc1cc(NC(C)Cn2ccnc2)nc(C(C)C)n1. The summed E-state index contributed by atoms with van der Waals surface area (Å²) in [5.74, 6) is 2.12. The molecule has 19 heavy (non-hydrogen) atoms. The Labute approximate surface area is 114 Å². The van der Waals surface area contributed by atoms with Gasteiger partial charge in [-0.1, -0.05) is 13.8 Å². The number of aromatic nitrogens is 4. The number of anilines is 1. The van der Waals surface area contributed by atoms with Crippen molar-refractivity contribution in [3.8, 4) is 0 Å². The molecule has 0 amide bonds. The zero-order valence-corrected chi connectivity index (χ0v) is 12.0. The number of rotatable bonds is 5. The first-order chi connectivity index (χ1) is 9.04.